The third-order valence-electron chi connectivity index (χ3n) is 8.39. The molecule has 208 valence electrons. The molecule has 5 rings (SSSR count). The van der Waals surface area contributed by atoms with Crippen LogP contribution in [0.25, 0.3) is 0 Å². The van der Waals surface area contributed by atoms with Crippen molar-refractivity contribution in [3.8, 4) is 0 Å². The fourth-order valence-corrected chi connectivity index (χ4v) is 7.14. The first kappa shape index (κ1) is 28.1. The number of hydrogen-bond donors (Lipinski definition) is 3. The van der Waals surface area contributed by atoms with Gasteiger partial charge in [0.1, 0.15) is 17.0 Å². The van der Waals surface area contributed by atoms with E-state index in [4.69, 9.17) is 23.2 Å². The molecule has 9 heteroatoms. The minimum atomic E-state index is -1.28. The molecular weight excluding hydrogens is 540 g/mol. The molecule has 1 saturated carbocycles. The zero-order valence-electron chi connectivity index (χ0n) is 22.4. The fourth-order valence-electron chi connectivity index (χ4n) is 6.78. The Bertz CT molecular complexity index is 1330. The maximum absolute atomic E-state index is 15.0. The molecule has 3 aliphatic rings. The summed E-state index contributed by atoms with van der Waals surface area (Å²) in [5.74, 6) is -1.28. The van der Waals surface area contributed by atoms with Crippen LogP contribution in [-0.2, 0) is 19.8 Å². The Labute approximate surface area is 238 Å². The van der Waals surface area contributed by atoms with Gasteiger partial charge in [-0.2, -0.15) is 0 Å². The van der Waals surface area contributed by atoms with Crippen LogP contribution in [0.15, 0.2) is 36.4 Å². The summed E-state index contributed by atoms with van der Waals surface area (Å²) < 4.78 is 15.0. The van der Waals surface area contributed by atoms with Crippen LogP contribution in [0.3, 0.4) is 0 Å². The summed E-state index contributed by atoms with van der Waals surface area (Å²) in [6.45, 7) is 6.65. The monoisotopic (exact) mass is 573 g/mol. The number of ketones is 1. The van der Waals surface area contributed by atoms with Gasteiger partial charge in [0.15, 0.2) is 0 Å². The Balaban J connectivity index is 1.59. The standard InChI is InChI=1S/C30H34Cl2FN3O3/c1-29(2,3)15-24-30(20-13-22(33)21(32)14-23(20)35-28(30)39)25(17-5-4-6-18(31)12-17)26(36-24)27(38)34-10-9-16-7-8-19(37)11-16/h4-6,12-14,16,24-26,36H,7-11,15H2,1-3H3,(H,34,38)(H,35,39)/t16-,24-,25+,26-,30+/m1/s1. The molecule has 2 amide bonds. The van der Waals surface area contributed by atoms with E-state index < -0.39 is 29.2 Å². The topological polar surface area (TPSA) is 87.3 Å². The van der Waals surface area contributed by atoms with E-state index in [2.05, 4.69) is 36.7 Å². The second-order valence-corrected chi connectivity index (χ2v) is 13.2. The highest BCUT2D eigenvalue weighted by atomic mass is 35.5. The number of nitrogens with one attached hydrogen (secondary N) is 3. The smallest absolute Gasteiger partial charge is 0.237 e. The summed E-state index contributed by atoms with van der Waals surface area (Å²) in [5, 5.41) is 9.92. The number of Topliss-reactive ketones (excluding diaryl/α,β-unsaturated/α-hetero) is 1. The van der Waals surface area contributed by atoms with Crippen molar-refractivity contribution >= 4 is 46.5 Å². The highest BCUT2D eigenvalue weighted by Gasteiger charge is 2.65. The SMILES string of the molecule is CC(C)(C)C[C@H]1N[C@@H](C(=O)NCC[C@H]2CCC(=O)C2)[C@H](c2cccc(Cl)c2)[C@@]12C(=O)Nc1cc(Cl)c(F)cc12. The Morgan fingerprint density at radius 2 is 1.95 bits per heavy atom. The summed E-state index contributed by atoms with van der Waals surface area (Å²) in [6, 6.07) is 8.69. The number of hydrogen-bond acceptors (Lipinski definition) is 4. The molecule has 2 aliphatic heterocycles. The van der Waals surface area contributed by atoms with Gasteiger partial charge >= 0.3 is 0 Å². The molecule has 6 nitrogen and oxygen atoms in total. The lowest BCUT2D eigenvalue weighted by Gasteiger charge is -2.37. The number of benzene rings is 2. The van der Waals surface area contributed by atoms with Gasteiger partial charge in [0.2, 0.25) is 11.8 Å². The molecule has 0 bridgehead atoms. The molecule has 5 atom stereocenters. The third-order valence-corrected chi connectivity index (χ3v) is 8.92. The fraction of sp³-hybridized carbons (Fsp3) is 0.500. The lowest BCUT2D eigenvalue weighted by molar-refractivity contribution is -0.124. The van der Waals surface area contributed by atoms with E-state index in [9.17, 15) is 18.8 Å². The zero-order valence-corrected chi connectivity index (χ0v) is 23.9. The van der Waals surface area contributed by atoms with Crippen molar-refractivity contribution < 1.29 is 18.8 Å². The quantitative estimate of drug-likeness (QED) is 0.410. The maximum atomic E-state index is 15.0. The van der Waals surface area contributed by atoms with Crippen LogP contribution < -0.4 is 16.0 Å². The van der Waals surface area contributed by atoms with E-state index in [1.807, 2.05) is 6.07 Å². The number of halogens is 3. The van der Waals surface area contributed by atoms with Crippen LogP contribution in [0, 0.1) is 17.2 Å². The molecule has 1 spiro atoms. The van der Waals surface area contributed by atoms with Crippen molar-refractivity contribution in [2.24, 2.45) is 11.3 Å². The van der Waals surface area contributed by atoms with Gasteiger partial charge in [-0.15, -0.1) is 0 Å². The van der Waals surface area contributed by atoms with Gasteiger partial charge in [-0.25, -0.2) is 4.39 Å². The van der Waals surface area contributed by atoms with Gasteiger partial charge in [-0.05, 0) is 66.0 Å². The van der Waals surface area contributed by atoms with Crippen molar-refractivity contribution in [1.82, 2.24) is 10.6 Å². The Morgan fingerprint density at radius 3 is 2.62 bits per heavy atom. The number of amides is 2. The molecule has 0 unspecified atom stereocenters. The van der Waals surface area contributed by atoms with E-state index in [-0.39, 0.29) is 34.0 Å². The molecular formula is C30H34Cl2FN3O3. The Hall–Kier alpha value is -2.48. The molecule has 2 heterocycles. The van der Waals surface area contributed by atoms with Gasteiger partial charge in [-0.3, -0.25) is 14.4 Å². The predicted molar refractivity (Wildman–Crippen MR) is 151 cm³/mol. The van der Waals surface area contributed by atoms with Gasteiger partial charge in [0.05, 0.1) is 11.1 Å². The van der Waals surface area contributed by atoms with Gasteiger partial charge in [0.25, 0.3) is 0 Å². The molecule has 0 radical (unpaired) electrons. The normalized spacial score (nSPS) is 28.2. The first-order valence-corrected chi connectivity index (χ1v) is 14.3. The average Bonchev–Trinajstić information content (AvgIpc) is 3.49. The number of carbonyl (C=O) groups is 3. The van der Waals surface area contributed by atoms with Crippen molar-refractivity contribution in [2.75, 3.05) is 11.9 Å². The van der Waals surface area contributed by atoms with Crippen LogP contribution in [0.1, 0.15) is 69.9 Å². The Morgan fingerprint density at radius 1 is 1.18 bits per heavy atom. The van der Waals surface area contributed by atoms with Crippen LogP contribution in [0.5, 0.6) is 0 Å². The van der Waals surface area contributed by atoms with Crippen molar-refractivity contribution in [1.29, 1.82) is 0 Å². The molecule has 1 saturated heterocycles. The zero-order chi connectivity index (χ0) is 28.1. The molecule has 2 fully saturated rings. The highest BCUT2D eigenvalue weighted by Crippen LogP contribution is 2.57. The third kappa shape index (κ3) is 5.21. The molecule has 3 N–H and O–H groups in total. The second-order valence-electron chi connectivity index (χ2n) is 12.4. The number of fused-ring (bicyclic) bond motifs is 2. The van der Waals surface area contributed by atoms with E-state index in [0.29, 0.717) is 47.6 Å². The summed E-state index contributed by atoms with van der Waals surface area (Å²) >= 11 is 12.5. The van der Waals surface area contributed by atoms with Crippen LogP contribution in [-0.4, -0.2) is 36.2 Å². The summed E-state index contributed by atoms with van der Waals surface area (Å²) in [6.07, 6.45) is 3.28. The van der Waals surface area contributed by atoms with E-state index in [1.165, 1.54) is 12.1 Å². The summed E-state index contributed by atoms with van der Waals surface area (Å²) in [5.41, 5.74) is 0.162. The molecule has 2 aromatic carbocycles. The highest BCUT2D eigenvalue weighted by molar-refractivity contribution is 6.31. The lowest BCUT2D eigenvalue weighted by atomic mass is 9.62. The van der Waals surface area contributed by atoms with Crippen LogP contribution in [0.2, 0.25) is 10.0 Å². The second kappa shape index (κ2) is 10.5. The van der Waals surface area contributed by atoms with E-state index >= 15 is 0 Å². The summed E-state index contributed by atoms with van der Waals surface area (Å²) in [4.78, 5) is 39.6. The Kier molecular flexibility index (Phi) is 7.55. The number of carbonyl (C=O) groups excluding carboxylic acids is 3. The lowest BCUT2D eigenvalue weighted by Crippen LogP contribution is -2.49. The largest absolute Gasteiger partial charge is 0.355 e. The van der Waals surface area contributed by atoms with Crippen molar-refractivity contribution in [3.63, 3.8) is 0 Å². The van der Waals surface area contributed by atoms with E-state index in [1.54, 1.807) is 18.2 Å². The van der Waals surface area contributed by atoms with Crippen LogP contribution in [0.4, 0.5) is 10.1 Å². The van der Waals surface area contributed by atoms with E-state index in [0.717, 1.165) is 12.8 Å². The minimum Gasteiger partial charge on any atom is -0.355 e. The summed E-state index contributed by atoms with van der Waals surface area (Å²) in [7, 11) is 0. The van der Waals surface area contributed by atoms with Gasteiger partial charge in [0, 0.05) is 42.1 Å². The maximum Gasteiger partial charge on any atom is 0.237 e. The molecule has 39 heavy (non-hydrogen) atoms. The van der Waals surface area contributed by atoms with Crippen molar-refractivity contribution in [2.45, 2.75) is 76.3 Å². The molecule has 0 aromatic heterocycles. The van der Waals surface area contributed by atoms with Crippen LogP contribution >= 0.6 is 23.2 Å². The van der Waals surface area contributed by atoms with Gasteiger partial charge < -0.3 is 16.0 Å². The first-order valence-electron chi connectivity index (χ1n) is 13.5. The number of rotatable bonds is 6. The molecule has 1 aliphatic carbocycles. The first-order chi connectivity index (χ1) is 18.4. The van der Waals surface area contributed by atoms with Crippen molar-refractivity contribution in [3.05, 3.63) is 63.4 Å². The number of anilines is 1. The van der Waals surface area contributed by atoms with Gasteiger partial charge in [-0.1, -0.05) is 56.1 Å². The molecule has 2 aromatic rings. The average molecular weight is 575 g/mol. The minimum absolute atomic E-state index is 0.0802. The predicted octanol–water partition coefficient (Wildman–Crippen LogP) is 5.76.